The lowest BCUT2D eigenvalue weighted by Gasteiger charge is -1.90. The van der Waals surface area contributed by atoms with Crippen molar-refractivity contribution in [3.05, 3.63) is 16.1 Å². The Kier molecular flexibility index (Phi) is 2.05. The summed E-state index contributed by atoms with van der Waals surface area (Å²) in [7, 11) is 1.36. The van der Waals surface area contributed by atoms with E-state index in [0.717, 1.165) is 9.88 Å². The van der Waals surface area contributed by atoms with Crippen LogP contribution in [0.25, 0.3) is 0 Å². The SMILES string of the molecule is COC(=O)[C@@H]1O[C@H]1c1cnc(C)s1. The first-order valence-corrected chi connectivity index (χ1v) is 4.69. The van der Waals surface area contributed by atoms with E-state index in [4.69, 9.17) is 4.74 Å². The minimum Gasteiger partial charge on any atom is -0.467 e. The van der Waals surface area contributed by atoms with Gasteiger partial charge in [0.1, 0.15) is 6.10 Å². The summed E-state index contributed by atoms with van der Waals surface area (Å²) in [5.74, 6) is -0.309. The van der Waals surface area contributed by atoms with Gasteiger partial charge in [-0.25, -0.2) is 9.78 Å². The van der Waals surface area contributed by atoms with Crippen molar-refractivity contribution in [3.8, 4) is 0 Å². The van der Waals surface area contributed by atoms with Gasteiger partial charge < -0.3 is 9.47 Å². The number of esters is 1. The molecular formula is C8H9NO3S. The lowest BCUT2D eigenvalue weighted by molar-refractivity contribution is -0.142. The van der Waals surface area contributed by atoms with E-state index in [9.17, 15) is 4.79 Å². The van der Waals surface area contributed by atoms with Gasteiger partial charge in [0.05, 0.1) is 17.0 Å². The highest BCUT2D eigenvalue weighted by Gasteiger charge is 2.48. The molecule has 0 unspecified atom stereocenters. The van der Waals surface area contributed by atoms with E-state index in [-0.39, 0.29) is 12.1 Å². The molecule has 70 valence electrons. The molecule has 1 saturated heterocycles. The smallest absolute Gasteiger partial charge is 0.338 e. The molecule has 0 N–H and O–H groups in total. The zero-order valence-electron chi connectivity index (χ0n) is 7.31. The number of hydrogen-bond donors (Lipinski definition) is 0. The fourth-order valence-corrected chi connectivity index (χ4v) is 1.98. The molecule has 0 amide bonds. The average Bonchev–Trinajstić information content (AvgIpc) is 2.82. The lowest BCUT2D eigenvalue weighted by atomic mass is 10.3. The van der Waals surface area contributed by atoms with E-state index < -0.39 is 6.10 Å². The van der Waals surface area contributed by atoms with Gasteiger partial charge in [0.25, 0.3) is 0 Å². The molecular weight excluding hydrogens is 190 g/mol. The van der Waals surface area contributed by atoms with Crippen molar-refractivity contribution >= 4 is 17.3 Å². The maximum atomic E-state index is 11.0. The number of carbonyl (C=O) groups is 1. The topological polar surface area (TPSA) is 51.7 Å². The maximum absolute atomic E-state index is 11.0. The number of aromatic nitrogens is 1. The highest BCUT2D eigenvalue weighted by molar-refractivity contribution is 7.11. The number of aryl methyl sites for hydroxylation is 1. The maximum Gasteiger partial charge on any atom is 0.338 e. The molecule has 0 saturated carbocycles. The zero-order valence-corrected chi connectivity index (χ0v) is 8.13. The first-order valence-electron chi connectivity index (χ1n) is 3.88. The summed E-state index contributed by atoms with van der Waals surface area (Å²) in [6.07, 6.45) is 1.21. The highest BCUT2D eigenvalue weighted by Crippen LogP contribution is 2.41. The van der Waals surface area contributed by atoms with Crippen LogP contribution in [0, 0.1) is 6.92 Å². The third kappa shape index (κ3) is 1.57. The van der Waals surface area contributed by atoms with E-state index in [1.54, 1.807) is 17.5 Å². The zero-order chi connectivity index (χ0) is 9.42. The van der Waals surface area contributed by atoms with Crippen LogP contribution >= 0.6 is 11.3 Å². The third-order valence-electron chi connectivity index (χ3n) is 1.84. The number of rotatable bonds is 2. The summed E-state index contributed by atoms with van der Waals surface area (Å²) in [6.45, 7) is 1.92. The Morgan fingerprint density at radius 3 is 3.08 bits per heavy atom. The van der Waals surface area contributed by atoms with Crippen molar-refractivity contribution in [2.45, 2.75) is 19.1 Å². The Morgan fingerprint density at radius 1 is 1.77 bits per heavy atom. The van der Waals surface area contributed by atoms with Gasteiger partial charge in [0, 0.05) is 6.20 Å². The summed E-state index contributed by atoms with van der Waals surface area (Å²) < 4.78 is 9.72. The number of thiazole rings is 1. The van der Waals surface area contributed by atoms with Gasteiger partial charge in [-0.3, -0.25) is 0 Å². The van der Waals surface area contributed by atoms with Crippen LogP contribution in [0.2, 0.25) is 0 Å². The van der Waals surface area contributed by atoms with Gasteiger partial charge in [0.15, 0.2) is 6.10 Å². The van der Waals surface area contributed by atoms with Crippen molar-refractivity contribution in [1.82, 2.24) is 4.98 Å². The van der Waals surface area contributed by atoms with Crippen LogP contribution in [-0.4, -0.2) is 24.2 Å². The second kappa shape index (κ2) is 3.08. The molecule has 13 heavy (non-hydrogen) atoms. The molecule has 0 bridgehead atoms. The number of hydrogen-bond acceptors (Lipinski definition) is 5. The van der Waals surface area contributed by atoms with Crippen LogP contribution in [0.4, 0.5) is 0 Å². The predicted octanol–water partition coefficient (Wildman–Crippen LogP) is 1.06. The van der Waals surface area contributed by atoms with Crippen molar-refractivity contribution < 1.29 is 14.3 Å². The Labute approximate surface area is 79.5 Å². The van der Waals surface area contributed by atoms with Gasteiger partial charge in [-0.15, -0.1) is 11.3 Å². The molecule has 2 heterocycles. The summed E-state index contributed by atoms with van der Waals surface area (Å²) in [6, 6.07) is 0. The molecule has 1 aromatic rings. The third-order valence-corrected chi connectivity index (χ3v) is 2.82. The summed E-state index contributed by atoms with van der Waals surface area (Å²) in [5, 5.41) is 0.981. The molecule has 2 atom stereocenters. The molecule has 4 nitrogen and oxygen atoms in total. The van der Waals surface area contributed by atoms with Gasteiger partial charge in [-0.1, -0.05) is 0 Å². The molecule has 1 aliphatic heterocycles. The van der Waals surface area contributed by atoms with E-state index in [1.807, 2.05) is 6.92 Å². The van der Waals surface area contributed by atoms with Gasteiger partial charge in [-0.2, -0.15) is 0 Å². The second-order valence-corrected chi connectivity index (χ2v) is 4.05. The number of carbonyl (C=O) groups excluding carboxylic acids is 1. The number of epoxide rings is 1. The number of methoxy groups -OCH3 is 1. The van der Waals surface area contributed by atoms with E-state index in [1.165, 1.54) is 7.11 Å². The van der Waals surface area contributed by atoms with Gasteiger partial charge in [-0.05, 0) is 6.92 Å². The van der Waals surface area contributed by atoms with Crippen LogP contribution < -0.4 is 0 Å². The number of nitrogens with zero attached hydrogens (tertiary/aromatic N) is 1. The van der Waals surface area contributed by atoms with Gasteiger partial charge in [0.2, 0.25) is 0 Å². The molecule has 1 aliphatic rings. The molecule has 1 fully saturated rings. The quantitative estimate of drug-likeness (QED) is 0.528. The highest BCUT2D eigenvalue weighted by atomic mass is 32.1. The fourth-order valence-electron chi connectivity index (χ4n) is 1.13. The summed E-state index contributed by atoms with van der Waals surface area (Å²) in [4.78, 5) is 16.1. The Morgan fingerprint density at radius 2 is 2.54 bits per heavy atom. The largest absolute Gasteiger partial charge is 0.467 e. The van der Waals surface area contributed by atoms with E-state index >= 15 is 0 Å². The minimum atomic E-state index is -0.412. The van der Waals surface area contributed by atoms with Crippen molar-refractivity contribution in [2.75, 3.05) is 7.11 Å². The van der Waals surface area contributed by atoms with Crippen molar-refractivity contribution in [3.63, 3.8) is 0 Å². The standard InChI is InChI=1S/C8H9NO3S/c1-4-9-3-5(13-4)6-7(12-6)8(10)11-2/h3,6-7H,1-2H3/t6-,7+/m0/s1. The lowest BCUT2D eigenvalue weighted by Crippen LogP contribution is -2.08. The van der Waals surface area contributed by atoms with E-state index in [2.05, 4.69) is 9.72 Å². The normalized spacial score (nSPS) is 25.7. The van der Waals surface area contributed by atoms with E-state index in [0.29, 0.717) is 0 Å². The Balaban J connectivity index is 2.04. The summed E-state index contributed by atoms with van der Waals surface area (Å²) >= 11 is 1.55. The Hall–Kier alpha value is -0.940. The van der Waals surface area contributed by atoms with Gasteiger partial charge >= 0.3 is 5.97 Å². The molecule has 1 aromatic heterocycles. The fraction of sp³-hybridized carbons (Fsp3) is 0.500. The second-order valence-electron chi connectivity index (χ2n) is 2.78. The van der Waals surface area contributed by atoms with Crippen LogP contribution in [0.15, 0.2) is 6.20 Å². The molecule has 0 spiro atoms. The van der Waals surface area contributed by atoms with Crippen LogP contribution in [0.3, 0.4) is 0 Å². The summed E-state index contributed by atoms with van der Waals surface area (Å²) in [5.41, 5.74) is 0. The average molecular weight is 199 g/mol. The molecule has 2 rings (SSSR count). The molecule has 0 radical (unpaired) electrons. The first kappa shape index (κ1) is 8.65. The van der Waals surface area contributed by atoms with Crippen LogP contribution in [-0.2, 0) is 14.3 Å². The van der Waals surface area contributed by atoms with Crippen molar-refractivity contribution in [1.29, 1.82) is 0 Å². The van der Waals surface area contributed by atoms with Crippen LogP contribution in [0.1, 0.15) is 16.0 Å². The van der Waals surface area contributed by atoms with Crippen molar-refractivity contribution in [2.24, 2.45) is 0 Å². The molecule has 0 aromatic carbocycles. The monoisotopic (exact) mass is 199 g/mol. The molecule has 0 aliphatic carbocycles. The minimum absolute atomic E-state index is 0.126. The van der Waals surface area contributed by atoms with Crippen LogP contribution in [0.5, 0.6) is 0 Å². The molecule has 5 heteroatoms. The predicted molar refractivity (Wildman–Crippen MR) is 46.5 cm³/mol. The Bertz CT molecular complexity index is 336. The number of ether oxygens (including phenoxy) is 2. The first-order chi connectivity index (χ1) is 6.22.